The molecule has 3 aliphatic carbocycles. The lowest BCUT2D eigenvalue weighted by Crippen LogP contribution is -2.09. The Kier molecular flexibility index (Phi) is 2.09. The van der Waals surface area contributed by atoms with Crippen LogP contribution in [0, 0.1) is 29.6 Å². The summed E-state index contributed by atoms with van der Waals surface area (Å²) in [6.07, 6.45) is 5.97. The number of H-pyrrole nitrogens is 1. The van der Waals surface area contributed by atoms with E-state index in [1.165, 1.54) is 19.3 Å². The second-order valence-electron chi connectivity index (χ2n) is 6.77. The molecule has 1 N–H and O–H groups in total. The van der Waals surface area contributed by atoms with E-state index in [1.54, 1.807) is 0 Å². The maximum atomic E-state index is 12.9. The first-order valence-corrected chi connectivity index (χ1v) is 7.92. The number of halogens is 1. The first-order chi connectivity index (χ1) is 9.74. The largest absolute Gasteiger partial charge is 0.360 e. The normalized spacial score (nSPS) is 37.4. The number of aromatic amines is 1. The number of nitrogens with one attached hydrogen (secondary N) is 1. The molecule has 102 valence electrons. The van der Waals surface area contributed by atoms with Crippen LogP contribution in [0.4, 0.5) is 0 Å². The van der Waals surface area contributed by atoms with Gasteiger partial charge in [-0.25, -0.2) is 0 Å². The van der Waals surface area contributed by atoms with E-state index in [1.807, 2.05) is 24.4 Å². The van der Waals surface area contributed by atoms with Gasteiger partial charge in [0.25, 0.3) is 0 Å². The molecule has 3 saturated carbocycles. The number of aromatic nitrogens is 1. The van der Waals surface area contributed by atoms with E-state index in [2.05, 4.69) is 4.98 Å². The Balaban J connectivity index is 1.53. The summed E-state index contributed by atoms with van der Waals surface area (Å²) in [5.41, 5.74) is 1.85. The SMILES string of the molecule is O=C(c1c[nH]c2ccc(Cl)cc12)C1C2C3CCC(C3)C12. The quantitative estimate of drug-likeness (QED) is 0.820. The Bertz CT molecular complexity index is 718. The van der Waals surface area contributed by atoms with Crippen molar-refractivity contribution in [1.29, 1.82) is 0 Å². The Morgan fingerprint density at radius 1 is 1.20 bits per heavy atom. The standard InChI is InChI=1S/C17H16ClNO/c18-10-3-4-13-11(6-10)12(7-19-13)17(20)16-14-8-1-2-9(5-8)15(14)16/h3-4,6-9,14-16,19H,1-2,5H2. The minimum atomic E-state index is 0.305. The van der Waals surface area contributed by atoms with Crippen molar-refractivity contribution in [2.75, 3.05) is 0 Å². The Morgan fingerprint density at radius 2 is 1.95 bits per heavy atom. The molecule has 4 unspecified atom stereocenters. The van der Waals surface area contributed by atoms with Crippen LogP contribution < -0.4 is 0 Å². The molecule has 0 radical (unpaired) electrons. The van der Waals surface area contributed by atoms with E-state index in [0.717, 1.165) is 28.3 Å². The van der Waals surface area contributed by atoms with Gasteiger partial charge in [0.1, 0.15) is 0 Å². The second kappa shape index (κ2) is 3.67. The minimum Gasteiger partial charge on any atom is -0.360 e. The zero-order valence-electron chi connectivity index (χ0n) is 11.1. The Labute approximate surface area is 122 Å². The highest BCUT2D eigenvalue weighted by molar-refractivity contribution is 6.31. The summed E-state index contributed by atoms with van der Waals surface area (Å²) in [5, 5.41) is 1.68. The summed E-state index contributed by atoms with van der Waals surface area (Å²) < 4.78 is 0. The Morgan fingerprint density at radius 3 is 2.70 bits per heavy atom. The van der Waals surface area contributed by atoms with Crippen LogP contribution in [-0.4, -0.2) is 10.8 Å². The van der Waals surface area contributed by atoms with Gasteiger partial charge in [0.15, 0.2) is 5.78 Å². The van der Waals surface area contributed by atoms with Gasteiger partial charge in [-0.05, 0) is 61.1 Å². The second-order valence-corrected chi connectivity index (χ2v) is 7.21. The average molecular weight is 286 g/mol. The number of ketones is 1. The van der Waals surface area contributed by atoms with Crippen LogP contribution >= 0.6 is 11.6 Å². The maximum Gasteiger partial charge on any atom is 0.168 e. The van der Waals surface area contributed by atoms with Gasteiger partial charge in [-0.3, -0.25) is 4.79 Å². The molecule has 2 nitrogen and oxygen atoms in total. The van der Waals surface area contributed by atoms with Crippen LogP contribution in [0.25, 0.3) is 10.9 Å². The first-order valence-electron chi connectivity index (χ1n) is 7.55. The summed E-state index contributed by atoms with van der Waals surface area (Å²) >= 11 is 6.07. The zero-order valence-corrected chi connectivity index (χ0v) is 11.9. The molecule has 1 aromatic carbocycles. The van der Waals surface area contributed by atoms with Crippen LogP contribution in [0.5, 0.6) is 0 Å². The van der Waals surface area contributed by atoms with Gasteiger partial charge in [-0.15, -0.1) is 0 Å². The van der Waals surface area contributed by atoms with Crippen LogP contribution in [0.15, 0.2) is 24.4 Å². The highest BCUT2D eigenvalue weighted by Crippen LogP contribution is 2.70. The number of fused-ring (bicyclic) bond motifs is 6. The lowest BCUT2D eigenvalue weighted by Gasteiger charge is -2.07. The minimum absolute atomic E-state index is 0.305. The van der Waals surface area contributed by atoms with E-state index in [9.17, 15) is 4.79 Å². The average Bonchev–Trinajstić information content (AvgIpc) is 2.80. The molecule has 0 saturated heterocycles. The summed E-state index contributed by atoms with van der Waals surface area (Å²) in [6, 6.07) is 5.72. The number of Topliss-reactive ketones (excluding diaryl/α,β-unsaturated/α-hetero) is 1. The summed E-state index contributed by atoms with van der Waals surface area (Å²) in [7, 11) is 0. The predicted molar refractivity (Wildman–Crippen MR) is 78.9 cm³/mol. The molecule has 2 aromatic rings. The third-order valence-corrected chi connectivity index (χ3v) is 6.18. The summed E-state index contributed by atoms with van der Waals surface area (Å²) in [4.78, 5) is 16.1. The number of benzene rings is 1. The molecule has 0 amide bonds. The molecular formula is C17H16ClNO. The Hall–Kier alpha value is -1.28. The van der Waals surface area contributed by atoms with Crippen molar-refractivity contribution in [1.82, 2.24) is 4.98 Å². The molecule has 5 rings (SSSR count). The fraction of sp³-hybridized carbons (Fsp3) is 0.471. The third-order valence-electron chi connectivity index (χ3n) is 5.95. The van der Waals surface area contributed by atoms with Crippen molar-refractivity contribution >= 4 is 28.3 Å². The monoisotopic (exact) mass is 285 g/mol. The highest BCUT2D eigenvalue weighted by Gasteiger charge is 2.67. The van der Waals surface area contributed by atoms with Crippen LogP contribution in [-0.2, 0) is 0 Å². The molecule has 0 spiro atoms. The number of carbonyl (C=O) groups excluding carboxylic acids is 1. The molecule has 2 bridgehead atoms. The first kappa shape index (κ1) is 11.4. The van der Waals surface area contributed by atoms with Gasteiger partial charge in [0.2, 0.25) is 0 Å². The van der Waals surface area contributed by atoms with Crippen LogP contribution in [0.3, 0.4) is 0 Å². The van der Waals surface area contributed by atoms with Crippen molar-refractivity contribution in [2.24, 2.45) is 29.6 Å². The van der Waals surface area contributed by atoms with Crippen LogP contribution in [0.1, 0.15) is 29.6 Å². The van der Waals surface area contributed by atoms with Gasteiger partial charge in [0, 0.05) is 33.6 Å². The van der Waals surface area contributed by atoms with Gasteiger partial charge in [-0.2, -0.15) is 0 Å². The number of carbonyl (C=O) groups is 1. The molecule has 3 heteroatoms. The molecular weight excluding hydrogens is 270 g/mol. The van der Waals surface area contributed by atoms with Gasteiger partial charge >= 0.3 is 0 Å². The van der Waals surface area contributed by atoms with E-state index >= 15 is 0 Å². The van der Waals surface area contributed by atoms with E-state index in [0.29, 0.717) is 28.6 Å². The number of hydrogen-bond acceptors (Lipinski definition) is 1. The van der Waals surface area contributed by atoms with E-state index in [-0.39, 0.29) is 0 Å². The van der Waals surface area contributed by atoms with Crippen molar-refractivity contribution in [3.05, 3.63) is 35.0 Å². The smallest absolute Gasteiger partial charge is 0.168 e. The van der Waals surface area contributed by atoms with Gasteiger partial charge in [0.05, 0.1) is 0 Å². The highest BCUT2D eigenvalue weighted by atomic mass is 35.5. The molecule has 1 aromatic heterocycles. The zero-order chi connectivity index (χ0) is 13.4. The van der Waals surface area contributed by atoms with E-state index in [4.69, 9.17) is 11.6 Å². The van der Waals surface area contributed by atoms with Gasteiger partial charge < -0.3 is 4.98 Å². The van der Waals surface area contributed by atoms with Crippen molar-refractivity contribution < 1.29 is 4.79 Å². The molecule has 4 atom stereocenters. The topological polar surface area (TPSA) is 32.9 Å². The lowest BCUT2D eigenvalue weighted by atomic mass is 9.96. The molecule has 20 heavy (non-hydrogen) atoms. The number of rotatable bonds is 2. The predicted octanol–water partition coefficient (Wildman–Crippen LogP) is 4.30. The lowest BCUT2D eigenvalue weighted by molar-refractivity contribution is 0.0946. The van der Waals surface area contributed by atoms with E-state index < -0.39 is 0 Å². The third kappa shape index (κ3) is 1.33. The fourth-order valence-electron chi connectivity index (χ4n) is 5.15. The van der Waals surface area contributed by atoms with Crippen LogP contribution in [0.2, 0.25) is 5.02 Å². The fourth-order valence-corrected chi connectivity index (χ4v) is 5.32. The van der Waals surface area contributed by atoms with Crippen molar-refractivity contribution in [3.63, 3.8) is 0 Å². The molecule has 0 aliphatic heterocycles. The summed E-state index contributed by atoms with van der Waals surface area (Å²) in [6.45, 7) is 0. The molecule has 1 heterocycles. The molecule has 3 aliphatic rings. The van der Waals surface area contributed by atoms with Gasteiger partial charge in [-0.1, -0.05) is 11.6 Å². The molecule has 3 fully saturated rings. The maximum absolute atomic E-state index is 12.9. The summed E-state index contributed by atoms with van der Waals surface area (Å²) in [5.74, 6) is 3.74. The van der Waals surface area contributed by atoms with Crippen molar-refractivity contribution in [3.8, 4) is 0 Å². The number of hydrogen-bond donors (Lipinski definition) is 1. The van der Waals surface area contributed by atoms with Crippen molar-refractivity contribution in [2.45, 2.75) is 19.3 Å².